The van der Waals surface area contributed by atoms with Gasteiger partial charge in [0, 0.05) is 23.9 Å². The van der Waals surface area contributed by atoms with E-state index in [4.69, 9.17) is 4.52 Å². The minimum Gasteiger partial charge on any atom is -0.361 e. The Balaban J connectivity index is 1.73. The van der Waals surface area contributed by atoms with Crippen molar-refractivity contribution in [2.24, 2.45) is 0 Å². The molecule has 3 rings (SSSR count). The Labute approximate surface area is 135 Å². The van der Waals surface area contributed by atoms with E-state index in [2.05, 4.69) is 20.7 Å². The topological polar surface area (TPSA) is 87.1 Å². The van der Waals surface area contributed by atoms with Gasteiger partial charge in [-0.2, -0.15) is 5.10 Å². The number of aromatic amines is 1. The number of carbonyl (C=O) groups excluding carboxylic acids is 1. The predicted molar refractivity (Wildman–Crippen MR) is 84.8 cm³/mol. The maximum Gasteiger partial charge on any atom is 0.318 e. The lowest BCUT2D eigenvalue weighted by Crippen LogP contribution is -2.45. The molecule has 0 spiro atoms. The maximum absolute atomic E-state index is 12.8. The molecule has 7 heteroatoms. The molecule has 1 saturated heterocycles. The van der Waals surface area contributed by atoms with E-state index in [0.717, 1.165) is 48.4 Å². The van der Waals surface area contributed by atoms with Crippen LogP contribution >= 0.6 is 0 Å². The van der Waals surface area contributed by atoms with Gasteiger partial charge in [0.2, 0.25) is 0 Å². The second kappa shape index (κ2) is 6.44. The fourth-order valence-corrected chi connectivity index (χ4v) is 3.41. The Bertz CT molecular complexity index is 645. The smallest absolute Gasteiger partial charge is 0.318 e. The number of likely N-dealkylation sites (tertiary alicyclic amines) is 1. The van der Waals surface area contributed by atoms with Crippen molar-refractivity contribution in [3.05, 3.63) is 35.0 Å². The summed E-state index contributed by atoms with van der Waals surface area (Å²) < 4.78 is 5.20. The summed E-state index contributed by atoms with van der Waals surface area (Å²) in [6, 6.07) is -0.108. The summed E-state index contributed by atoms with van der Waals surface area (Å²) in [5, 5.41) is 13.9. The molecule has 0 bridgehead atoms. The maximum atomic E-state index is 12.8. The van der Waals surface area contributed by atoms with Gasteiger partial charge in [0.25, 0.3) is 0 Å². The third-order valence-electron chi connectivity index (χ3n) is 4.53. The van der Waals surface area contributed by atoms with Crippen molar-refractivity contribution < 1.29 is 9.32 Å². The highest BCUT2D eigenvalue weighted by Crippen LogP contribution is 2.31. The first-order valence-electron chi connectivity index (χ1n) is 8.06. The lowest BCUT2D eigenvalue weighted by molar-refractivity contribution is 0.149. The zero-order valence-electron chi connectivity index (χ0n) is 13.8. The Morgan fingerprint density at radius 1 is 1.48 bits per heavy atom. The molecule has 0 aromatic carbocycles. The minimum atomic E-state index is -0.138. The number of nitrogens with one attached hydrogen (secondary N) is 2. The van der Waals surface area contributed by atoms with Crippen LogP contribution in [0.1, 0.15) is 60.9 Å². The fraction of sp³-hybridized carbons (Fsp3) is 0.562. The Kier molecular flexibility index (Phi) is 4.36. The summed E-state index contributed by atoms with van der Waals surface area (Å²) in [7, 11) is 0. The number of amides is 2. The second-order valence-electron chi connectivity index (χ2n) is 6.15. The van der Waals surface area contributed by atoms with E-state index in [1.807, 2.05) is 31.9 Å². The fourth-order valence-electron chi connectivity index (χ4n) is 3.41. The van der Waals surface area contributed by atoms with Gasteiger partial charge in [-0.25, -0.2) is 4.79 Å². The highest BCUT2D eigenvalue weighted by molar-refractivity contribution is 5.75. The second-order valence-corrected chi connectivity index (χ2v) is 6.15. The van der Waals surface area contributed by atoms with Crippen LogP contribution in [0.4, 0.5) is 4.79 Å². The van der Waals surface area contributed by atoms with E-state index in [1.54, 1.807) is 6.20 Å². The van der Waals surface area contributed by atoms with Gasteiger partial charge < -0.3 is 14.7 Å². The third kappa shape index (κ3) is 3.09. The van der Waals surface area contributed by atoms with Crippen LogP contribution in [0.5, 0.6) is 0 Å². The minimum absolute atomic E-state index is 0.0524. The van der Waals surface area contributed by atoms with Crippen LogP contribution in [0.25, 0.3) is 0 Å². The molecule has 2 atom stereocenters. The van der Waals surface area contributed by atoms with Crippen LogP contribution in [0, 0.1) is 13.8 Å². The molecule has 2 aromatic rings. The van der Waals surface area contributed by atoms with Crippen molar-refractivity contribution in [2.45, 2.75) is 52.1 Å². The van der Waals surface area contributed by atoms with E-state index in [-0.39, 0.29) is 18.1 Å². The number of hydrogen-bond donors (Lipinski definition) is 2. The molecular formula is C16H23N5O2. The number of rotatable bonds is 3. The highest BCUT2D eigenvalue weighted by Gasteiger charge is 2.30. The number of hydrogen-bond acceptors (Lipinski definition) is 4. The first-order chi connectivity index (χ1) is 11.1. The molecular weight excluding hydrogens is 294 g/mol. The van der Waals surface area contributed by atoms with Gasteiger partial charge in [-0.05, 0) is 40.0 Å². The Morgan fingerprint density at radius 2 is 2.30 bits per heavy atom. The summed E-state index contributed by atoms with van der Waals surface area (Å²) in [5.74, 6) is 0.750. The van der Waals surface area contributed by atoms with Crippen LogP contribution in [0.15, 0.2) is 16.9 Å². The zero-order valence-corrected chi connectivity index (χ0v) is 13.8. The van der Waals surface area contributed by atoms with Gasteiger partial charge in [-0.3, -0.25) is 5.10 Å². The standard InChI is InChI=1S/C16H23N5O2/c1-10(15-11(2)20-23-12(15)3)19-16(22)21-7-5-4-6-14(21)13-8-17-18-9-13/h8-10,14H,4-7H2,1-3H3,(H,17,18)(H,19,22)/t10-,14+/m1/s1. The summed E-state index contributed by atoms with van der Waals surface area (Å²) in [6.45, 7) is 6.48. The number of piperidine rings is 1. The SMILES string of the molecule is Cc1noc(C)c1[C@@H](C)NC(=O)N1CCCC[C@H]1c1cn[nH]c1. The first kappa shape index (κ1) is 15.6. The van der Waals surface area contributed by atoms with Crippen molar-refractivity contribution in [3.8, 4) is 0 Å². The van der Waals surface area contributed by atoms with Gasteiger partial charge in [-0.1, -0.05) is 5.16 Å². The molecule has 3 heterocycles. The van der Waals surface area contributed by atoms with Crippen LogP contribution in [0.2, 0.25) is 0 Å². The molecule has 1 aliphatic heterocycles. The molecule has 2 amide bonds. The number of aryl methyl sites for hydroxylation is 2. The molecule has 0 saturated carbocycles. The highest BCUT2D eigenvalue weighted by atomic mass is 16.5. The van der Waals surface area contributed by atoms with Gasteiger partial charge >= 0.3 is 6.03 Å². The zero-order chi connectivity index (χ0) is 16.4. The monoisotopic (exact) mass is 317 g/mol. The molecule has 23 heavy (non-hydrogen) atoms. The predicted octanol–water partition coefficient (Wildman–Crippen LogP) is 3.01. The molecule has 1 fully saturated rings. The number of H-pyrrole nitrogens is 1. The quantitative estimate of drug-likeness (QED) is 0.911. The summed E-state index contributed by atoms with van der Waals surface area (Å²) in [4.78, 5) is 14.7. The van der Waals surface area contributed by atoms with E-state index >= 15 is 0 Å². The lowest BCUT2D eigenvalue weighted by atomic mass is 9.98. The Hall–Kier alpha value is -2.31. The molecule has 124 valence electrons. The van der Waals surface area contributed by atoms with Crippen molar-refractivity contribution in [2.75, 3.05) is 6.54 Å². The van der Waals surface area contributed by atoms with Gasteiger partial charge in [0.15, 0.2) is 0 Å². The summed E-state index contributed by atoms with van der Waals surface area (Å²) in [6.07, 6.45) is 6.79. The van der Waals surface area contributed by atoms with Crippen LogP contribution in [-0.4, -0.2) is 32.8 Å². The normalized spacial score (nSPS) is 19.6. The number of urea groups is 1. The van der Waals surface area contributed by atoms with Crippen LogP contribution in [0.3, 0.4) is 0 Å². The number of carbonyl (C=O) groups is 1. The van der Waals surface area contributed by atoms with Gasteiger partial charge in [0.05, 0.1) is 24.0 Å². The molecule has 0 aliphatic carbocycles. The molecule has 2 aromatic heterocycles. The van der Waals surface area contributed by atoms with E-state index < -0.39 is 0 Å². The summed E-state index contributed by atoms with van der Waals surface area (Å²) in [5.41, 5.74) is 2.83. The van der Waals surface area contributed by atoms with Gasteiger partial charge in [-0.15, -0.1) is 0 Å². The Morgan fingerprint density at radius 3 is 2.96 bits per heavy atom. The average molecular weight is 317 g/mol. The van der Waals surface area contributed by atoms with Gasteiger partial charge in [0.1, 0.15) is 5.76 Å². The number of nitrogens with zero attached hydrogens (tertiary/aromatic N) is 3. The molecule has 1 aliphatic rings. The average Bonchev–Trinajstić information content (AvgIpc) is 3.17. The molecule has 2 N–H and O–H groups in total. The van der Waals surface area contributed by atoms with E-state index in [0.29, 0.717) is 0 Å². The van der Waals surface area contributed by atoms with E-state index in [1.165, 1.54) is 0 Å². The lowest BCUT2D eigenvalue weighted by Gasteiger charge is -2.36. The molecule has 0 unspecified atom stereocenters. The molecule has 0 radical (unpaired) electrons. The summed E-state index contributed by atoms with van der Waals surface area (Å²) >= 11 is 0. The number of aromatic nitrogens is 3. The van der Waals surface area contributed by atoms with Crippen molar-refractivity contribution >= 4 is 6.03 Å². The third-order valence-corrected chi connectivity index (χ3v) is 4.53. The first-order valence-corrected chi connectivity index (χ1v) is 8.06. The van der Waals surface area contributed by atoms with E-state index in [9.17, 15) is 4.79 Å². The van der Waals surface area contributed by atoms with Crippen molar-refractivity contribution in [1.29, 1.82) is 0 Å². The van der Waals surface area contributed by atoms with Crippen LogP contribution < -0.4 is 5.32 Å². The largest absolute Gasteiger partial charge is 0.361 e. The molecule has 7 nitrogen and oxygen atoms in total. The van der Waals surface area contributed by atoms with Crippen molar-refractivity contribution in [1.82, 2.24) is 25.6 Å². The van der Waals surface area contributed by atoms with Crippen molar-refractivity contribution in [3.63, 3.8) is 0 Å². The van der Waals surface area contributed by atoms with Crippen LogP contribution in [-0.2, 0) is 0 Å².